The molecule has 0 saturated carbocycles. The van der Waals surface area contributed by atoms with E-state index in [0.717, 1.165) is 54.4 Å². The Balaban J connectivity index is 1.98. The first-order chi connectivity index (χ1) is 11.8. The lowest BCUT2D eigenvalue weighted by Gasteiger charge is -2.38. The fraction of sp³-hybridized carbons (Fsp3) is 0.579. The van der Waals surface area contributed by atoms with Crippen molar-refractivity contribution in [1.29, 1.82) is 0 Å². The van der Waals surface area contributed by atoms with Crippen molar-refractivity contribution >= 4 is 5.91 Å². The number of rotatable bonds is 2. The van der Waals surface area contributed by atoms with Gasteiger partial charge < -0.3 is 4.90 Å². The van der Waals surface area contributed by atoms with Crippen LogP contribution in [0.2, 0.25) is 0 Å². The summed E-state index contributed by atoms with van der Waals surface area (Å²) < 4.78 is 0. The summed E-state index contributed by atoms with van der Waals surface area (Å²) in [5, 5.41) is 7.27. The molecular weight excluding hydrogens is 314 g/mol. The van der Waals surface area contributed by atoms with Crippen LogP contribution in [0.15, 0.2) is 12.1 Å². The Hall–Kier alpha value is -2.24. The molecule has 1 aliphatic rings. The maximum atomic E-state index is 12.9. The number of nitrogens with zero attached hydrogens (tertiary/aromatic N) is 4. The molecule has 1 saturated heterocycles. The van der Waals surface area contributed by atoms with Gasteiger partial charge in [-0.15, -0.1) is 0 Å². The molecule has 1 atom stereocenters. The van der Waals surface area contributed by atoms with Crippen molar-refractivity contribution in [3.8, 4) is 11.4 Å². The molecule has 0 radical (unpaired) electrons. The van der Waals surface area contributed by atoms with E-state index >= 15 is 0 Å². The average Bonchev–Trinajstić information content (AvgIpc) is 2.99. The molecule has 0 aliphatic carbocycles. The number of carbonyl (C=O) groups is 1. The number of likely N-dealkylation sites (tertiary alicyclic amines) is 1. The summed E-state index contributed by atoms with van der Waals surface area (Å²) in [5.74, 6) is 0.896. The monoisotopic (exact) mass is 341 g/mol. The van der Waals surface area contributed by atoms with Gasteiger partial charge in [-0.1, -0.05) is 20.8 Å². The van der Waals surface area contributed by atoms with Gasteiger partial charge >= 0.3 is 0 Å². The molecule has 134 valence electrons. The van der Waals surface area contributed by atoms with Crippen LogP contribution in [0.3, 0.4) is 0 Å². The predicted octanol–water partition coefficient (Wildman–Crippen LogP) is 3.58. The molecule has 3 rings (SSSR count). The number of carbonyl (C=O) groups excluding carboxylic acids is 1. The van der Waals surface area contributed by atoms with Crippen LogP contribution in [0.1, 0.15) is 63.3 Å². The zero-order chi connectivity index (χ0) is 18.2. The predicted molar refractivity (Wildman–Crippen MR) is 96.8 cm³/mol. The molecule has 1 amide bonds. The SMILES string of the molecule is Cc1cc(-c2cc(C)[nH]n2)nc([C@H]2CCCCN2C(=O)C(C)(C)C)n1. The van der Waals surface area contributed by atoms with Gasteiger partial charge in [-0.2, -0.15) is 5.10 Å². The number of H-pyrrole nitrogens is 1. The van der Waals surface area contributed by atoms with Crippen molar-refractivity contribution in [2.75, 3.05) is 6.54 Å². The van der Waals surface area contributed by atoms with Gasteiger partial charge in [-0.3, -0.25) is 9.89 Å². The second kappa shape index (κ2) is 6.58. The molecule has 1 N–H and O–H groups in total. The Morgan fingerprint density at radius 2 is 1.92 bits per heavy atom. The number of aryl methyl sites for hydroxylation is 2. The normalized spacial score (nSPS) is 18.4. The zero-order valence-corrected chi connectivity index (χ0v) is 15.8. The molecule has 6 heteroatoms. The highest BCUT2D eigenvalue weighted by Gasteiger charge is 2.35. The van der Waals surface area contributed by atoms with Crippen LogP contribution in [-0.4, -0.2) is 37.5 Å². The van der Waals surface area contributed by atoms with Crippen LogP contribution in [0, 0.1) is 19.3 Å². The van der Waals surface area contributed by atoms with Gasteiger partial charge in [0.1, 0.15) is 5.69 Å². The number of hydrogen-bond donors (Lipinski definition) is 1. The summed E-state index contributed by atoms with van der Waals surface area (Å²) >= 11 is 0. The van der Waals surface area contributed by atoms with Gasteiger partial charge in [0.05, 0.1) is 11.7 Å². The molecule has 1 fully saturated rings. The summed E-state index contributed by atoms with van der Waals surface area (Å²) in [4.78, 5) is 24.3. The number of piperidine rings is 1. The number of aromatic amines is 1. The third kappa shape index (κ3) is 3.72. The number of aromatic nitrogens is 4. The van der Waals surface area contributed by atoms with E-state index in [1.165, 1.54) is 0 Å². The third-order valence-corrected chi connectivity index (χ3v) is 4.54. The molecule has 2 aromatic rings. The first kappa shape index (κ1) is 17.6. The molecule has 3 heterocycles. The van der Waals surface area contributed by atoms with E-state index in [-0.39, 0.29) is 11.9 Å². The molecule has 6 nitrogen and oxygen atoms in total. The summed E-state index contributed by atoms with van der Waals surface area (Å²) in [7, 11) is 0. The maximum Gasteiger partial charge on any atom is 0.228 e. The Labute approximate surface area is 149 Å². The second-order valence-electron chi connectivity index (χ2n) is 7.95. The highest BCUT2D eigenvalue weighted by molar-refractivity contribution is 5.82. The molecule has 1 aliphatic heterocycles. The molecular formula is C19H27N5O. The molecule has 25 heavy (non-hydrogen) atoms. The summed E-state index contributed by atoms with van der Waals surface area (Å²) in [6, 6.07) is 3.86. The van der Waals surface area contributed by atoms with Gasteiger partial charge in [-0.25, -0.2) is 9.97 Å². The van der Waals surface area contributed by atoms with E-state index in [2.05, 4.69) is 15.2 Å². The van der Waals surface area contributed by atoms with Gasteiger partial charge in [0.15, 0.2) is 5.82 Å². The van der Waals surface area contributed by atoms with Crippen molar-refractivity contribution < 1.29 is 4.79 Å². The van der Waals surface area contributed by atoms with E-state index in [0.29, 0.717) is 0 Å². The molecule has 0 spiro atoms. The molecule has 0 aromatic carbocycles. The molecule has 0 unspecified atom stereocenters. The van der Waals surface area contributed by atoms with E-state index in [9.17, 15) is 4.79 Å². The van der Waals surface area contributed by atoms with Crippen molar-refractivity contribution in [1.82, 2.24) is 25.1 Å². The lowest BCUT2D eigenvalue weighted by molar-refractivity contribution is -0.143. The third-order valence-electron chi connectivity index (χ3n) is 4.54. The number of nitrogens with one attached hydrogen (secondary N) is 1. The quantitative estimate of drug-likeness (QED) is 0.906. The van der Waals surface area contributed by atoms with Crippen LogP contribution >= 0.6 is 0 Å². The number of hydrogen-bond acceptors (Lipinski definition) is 4. The van der Waals surface area contributed by atoms with E-state index in [1.54, 1.807) is 0 Å². The van der Waals surface area contributed by atoms with Crippen LogP contribution in [0.5, 0.6) is 0 Å². The van der Waals surface area contributed by atoms with Crippen molar-refractivity contribution in [3.63, 3.8) is 0 Å². The lowest BCUT2D eigenvalue weighted by Crippen LogP contribution is -2.44. The van der Waals surface area contributed by atoms with E-state index < -0.39 is 5.41 Å². The standard InChI is InChI=1S/C19H27N5O/c1-12-10-14(15-11-13(2)22-23-15)21-17(20-12)16-8-6-7-9-24(16)18(25)19(3,4)5/h10-11,16H,6-9H2,1-5H3,(H,22,23)/t16-/m1/s1. The first-order valence-electron chi connectivity index (χ1n) is 8.95. The topological polar surface area (TPSA) is 74.8 Å². The minimum absolute atomic E-state index is 0.0563. The van der Waals surface area contributed by atoms with Gasteiger partial charge in [0, 0.05) is 23.3 Å². The van der Waals surface area contributed by atoms with E-state index in [1.807, 2.05) is 51.7 Å². The van der Waals surface area contributed by atoms with E-state index in [4.69, 9.17) is 4.98 Å². The maximum absolute atomic E-state index is 12.9. The lowest BCUT2D eigenvalue weighted by atomic mass is 9.91. The Morgan fingerprint density at radius 3 is 2.56 bits per heavy atom. The number of amides is 1. The van der Waals surface area contributed by atoms with Crippen molar-refractivity contribution in [2.24, 2.45) is 5.41 Å². The van der Waals surface area contributed by atoms with Gasteiger partial charge in [0.2, 0.25) is 5.91 Å². The van der Waals surface area contributed by atoms with Gasteiger partial charge in [-0.05, 0) is 45.2 Å². The zero-order valence-electron chi connectivity index (χ0n) is 15.8. The van der Waals surface area contributed by atoms with Gasteiger partial charge in [0.25, 0.3) is 0 Å². The summed E-state index contributed by atoms with van der Waals surface area (Å²) in [6.45, 7) is 10.6. The van der Waals surface area contributed by atoms with Crippen LogP contribution < -0.4 is 0 Å². The molecule has 2 aromatic heterocycles. The first-order valence-corrected chi connectivity index (χ1v) is 8.95. The highest BCUT2D eigenvalue weighted by Crippen LogP contribution is 2.33. The fourth-order valence-corrected chi connectivity index (χ4v) is 3.29. The minimum Gasteiger partial charge on any atom is -0.332 e. The Kier molecular flexibility index (Phi) is 4.62. The van der Waals surface area contributed by atoms with Crippen molar-refractivity contribution in [2.45, 2.75) is 59.9 Å². The van der Waals surface area contributed by atoms with Crippen molar-refractivity contribution in [3.05, 3.63) is 29.3 Å². The Morgan fingerprint density at radius 1 is 1.16 bits per heavy atom. The summed E-state index contributed by atoms with van der Waals surface area (Å²) in [6.07, 6.45) is 3.03. The van der Waals surface area contributed by atoms with Crippen LogP contribution in [0.25, 0.3) is 11.4 Å². The minimum atomic E-state index is -0.401. The average molecular weight is 341 g/mol. The second-order valence-corrected chi connectivity index (χ2v) is 7.95. The highest BCUT2D eigenvalue weighted by atomic mass is 16.2. The molecule has 0 bridgehead atoms. The largest absolute Gasteiger partial charge is 0.332 e. The van der Waals surface area contributed by atoms with Crippen LogP contribution in [-0.2, 0) is 4.79 Å². The van der Waals surface area contributed by atoms with Crippen LogP contribution in [0.4, 0.5) is 0 Å². The fourth-order valence-electron chi connectivity index (χ4n) is 3.29. The Bertz CT molecular complexity index is 774. The smallest absolute Gasteiger partial charge is 0.228 e. The summed E-state index contributed by atoms with van der Waals surface area (Å²) in [5.41, 5.74) is 3.11.